The molecule has 2 amide bonds. The van der Waals surface area contributed by atoms with Crippen molar-refractivity contribution in [1.82, 2.24) is 10.2 Å². The highest BCUT2D eigenvalue weighted by Gasteiger charge is 2.42. The smallest absolute Gasteiger partial charge is 0.318 e. The molecule has 2 N–H and O–H groups in total. The van der Waals surface area contributed by atoms with E-state index in [1.54, 1.807) is 24.0 Å². The molecule has 26 heavy (non-hydrogen) atoms. The van der Waals surface area contributed by atoms with Crippen LogP contribution in [0, 0.1) is 5.41 Å². The fourth-order valence-corrected chi connectivity index (χ4v) is 3.31. The minimum Gasteiger partial charge on any atom is -0.481 e. The first-order valence-electron chi connectivity index (χ1n) is 8.48. The number of carboxylic acids is 1. The maximum absolute atomic E-state index is 12.8. The van der Waals surface area contributed by atoms with Gasteiger partial charge < -0.3 is 15.3 Å². The molecule has 1 aliphatic rings. The van der Waals surface area contributed by atoms with E-state index in [0.29, 0.717) is 18.0 Å². The second-order valence-electron chi connectivity index (χ2n) is 6.88. The molecule has 5 nitrogen and oxygen atoms in total. The number of nitrogens with zero attached hydrogens (tertiary/aromatic N) is 1. The van der Waals surface area contributed by atoms with Gasteiger partial charge in [0, 0.05) is 18.1 Å². The van der Waals surface area contributed by atoms with E-state index >= 15 is 0 Å². The molecule has 0 saturated carbocycles. The van der Waals surface area contributed by atoms with Crippen LogP contribution in [0.2, 0.25) is 5.02 Å². The topological polar surface area (TPSA) is 69.6 Å². The van der Waals surface area contributed by atoms with Crippen LogP contribution >= 0.6 is 11.6 Å². The van der Waals surface area contributed by atoms with Gasteiger partial charge in [-0.05, 0) is 36.6 Å². The minimum absolute atomic E-state index is 0.205. The summed E-state index contributed by atoms with van der Waals surface area (Å²) in [5.74, 6) is -0.870. The quantitative estimate of drug-likeness (QED) is 0.854. The number of rotatable bonds is 4. The maximum atomic E-state index is 12.8. The number of carbonyl (C=O) groups excluding carboxylic acids is 1. The zero-order valence-electron chi connectivity index (χ0n) is 14.5. The molecular formula is C20H21ClN2O3. The number of likely N-dealkylation sites (tertiary alicyclic amines) is 1. The van der Waals surface area contributed by atoms with Crippen LogP contribution in [-0.2, 0) is 4.79 Å². The van der Waals surface area contributed by atoms with E-state index in [2.05, 4.69) is 5.32 Å². The van der Waals surface area contributed by atoms with E-state index in [1.807, 2.05) is 42.5 Å². The van der Waals surface area contributed by atoms with Crippen molar-refractivity contribution in [3.05, 3.63) is 70.7 Å². The Morgan fingerprint density at radius 3 is 2.31 bits per heavy atom. The lowest BCUT2D eigenvalue weighted by Crippen LogP contribution is -2.42. The van der Waals surface area contributed by atoms with Crippen LogP contribution in [-0.4, -0.2) is 35.1 Å². The van der Waals surface area contributed by atoms with Gasteiger partial charge in [0.2, 0.25) is 0 Å². The van der Waals surface area contributed by atoms with Crippen molar-refractivity contribution in [1.29, 1.82) is 0 Å². The molecule has 3 rings (SSSR count). The largest absolute Gasteiger partial charge is 0.481 e. The lowest BCUT2D eigenvalue weighted by Gasteiger charge is -2.25. The van der Waals surface area contributed by atoms with Crippen LogP contribution in [0.3, 0.4) is 0 Å². The van der Waals surface area contributed by atoms with Crippen LogP contribution in [0.25, 0.3) is 0 Å². The normalized spacial score (nSPS) is 20.6. The third kappa shape index (κ3) is 3.83. The third-order valence-corrected chi connectivity index (χ3v) is 5.13. The average Bonchev–Trinajstić information content (AvgIpc) is 3.05. The zero-order valence-corrected chi connectivity index (χ0v) is 15.2. The predicted octanol–water partition coefficient (Wildman–Crippen LogP) is 3.94. The van der Waals surface area contributed by atoms with Gasteiger partial charge in [0.05, 0.1) is 11.5 Å². The van der Waals surface area contributed by atoms with Crippen LogP contribution < -0.4 is 5.32 Å². The van der Waals surface area contributed by atoms with Crippen molar-refractivity contribution in [2.75, 3.05) is 13.1 Å². The van der Waals surface area contributed by atoms with Gasteiger partial charge in [-0.25, -0.2) is 4.79 Å². The number of carbonyl (C=O) groups is 2. The molecule has 0 radical (unpaired) electrons. The highest BCUT2D eigenvalue weighted by Crippen LogP contribution is 2.31. The molecule has 0 aromatic heterocycles. The van der Waals surface area contributed by atoms with Gasteiger partial charge in [-0.2, -0.15) is 0 Å². The van der Waals surface area contributed by atoms with Crippen molar-refractivity contribution in [3.63, 3.8) is 0 Å². The summed E-state index contributed by atoms with van der Waals surface area (Å²) in [6.45, 7) is 2.31. The number of hydrogen-bond acceptors (Lipinski definition) is 2. The number of urea groups is 1. The summed E-state index contributed by atoms with van der Waals surface area (Å²) in [7, 11) is 0. The maximum Gasteiger partial charge on any atom is 0.318 e. The molecule has 136 valence electrons. The summed E-state index contributed by atoms with van der Waals surface area (Å²) in [6, 6.07) is 16.4. The fraction of sp³-hybridized carbons (Fsp3) is 0.300. The molecule has 1 heterocycles. The van der Waals surface area contributed by atoms with Gasteiger partial charge in [-0.3, -0.25) is 4.79 Å². The second-order valence-corrected chi connectivity index (χ2v) is 7.32. The van der Waals surface area contributed by atoms with Gasteiger partial charge in [0.25, 0.3) is 0 Å². The SMILES string of the molecule is CC1(C(=O)O)CCN(C(=O)NC(c2ccccc2)c2ccc(Cl)cc2)C1. The Balaban J connectivity index is 1.81. The van der Waals surface area contributed by atoms with E-state index in [1.165, 1.54) is 0 Å². The number of benzene rings is 2. The second kappa shape index (κ2) is 7.38. The molecule has 0 bridgehead atoms. The number of carboxylic acid groups (broad SMARTS) is 1. The van der Waals surface area contributed by atoms with Gasteiger partial charge in [0.15, 0.2) is 0 Å². The number of halogens is 1. The molecule has 1 saturated heterocycles. The Morgan fingerprint density at radius 2 is 1.73 bits per heavy atom. The monoisotopic (exact) mass is 372 g/mol. The predicted molar refractivity (Wildman–Crippen MR) is 100 cm³/mol. The van der Waals surface area contributed by atoms with Crippen LogP contribution in [0.4, 0.5) is 4.79 Å². The van der Waals surface area contributed by atoms with Crippen molar-refractivity contribution < 1.29 is 14.7 Å². The first-order valence-corrected chi connectivity index (χ1v) is 8.86. The number of hydrogen-bond donors (Lipinski definition) is 2. The lowest BCUT2D eigenvalue weighted by atomic mass is 9.90. The molecular weight excluding hydrogens is 352 g/mol. The highest BCUT2D eigenvalue weighted by molar-refractivity contribution is 6.30. The zero-order chi connectivity index (χ0) is 18.7. The van der Waals surface area contributed by atoms with Crippen molar-refractivity contribution in [2.45, 2.75) is 19.4 Å². The van der Waals surface area contributed by atoms with Crippen molar-refractivity contribution in [2.24, 2.45) is 5.41 Å². The molecule has 2 atom stereocenters. The van der Waals surface area contributed by atoms with E-state index in [9.17, 15) is 14.7 Å². The Labute approximate surface area is 157 Å². The minimum atomic E-state index is -0.889. The summed E-state index contributed by atoms with van der Waals surface area (Å²) in [5, 5.41) is 13.0. The number of nitrogens with one attached hydrogen (secondary N) is 1. The lowest BCUT2D eigenvalue weighted by molar-refractivity contribution is -0.147. The molecule has 0 aliphatic carbocycles. The van der Waals surface area contributed by atoms with Crippen molar-refractivity contribution >= 4 is 23.6 Å². The number of aliphatic carboxylic acids is 1. The summed E-state index contributed by atoms with van der Waals surface area (Å²) in [4.78, 5) is 25.8. The fourth-order valence-electron chi connectivity index (χ4n) is 3.18. The molecule has 1 fully saturated rings. The Morgan fingerprint density at radius 1 is 1.12 bits per heavy atom. The summed E-state index contributed by atoms with van der Waals surface area (Å²) in [6.07, 6.45) is 0.451. The van der Waals surface area contributed by atoms with E-state index in [4.69, 9.17) is 11.6 Å². The molecule has 1 aliphatic heterocycles. The third-order valence-electron chi connectivity index (χ3n) is 4.88. The van der Waals surface area contributed by atoms with E-state index < -0.39 is 11.4 Å². The Kier molecular flexibility index (Phi) is 5.18. The first kappa shape index (κ1) is 18.3. The summed E-state index contributed by atoms with van der Waals surface area (Å²) >= 11 is 5.98. The molecule has 6 heteroatoms. The van der Waals surface area contributed by atoms with E-state index in [-0.39, 0.29) is 18.6 Å². The molecule has 2 aromatic carbocycles. The van der Waals surface area contributed by atoms with Crippen LogP contribution in [0.5, 0.6) is 0 Å². The van der Waals surface area contributed by atoms with Gasteiger partial charge in [-0.15, -0.1) is 0 Å². The number of amides is 2. The average molecular weight is 373 g/mol. The molecule has 2 unspecified atom stereocenters. The first-order chi connectivity index (χ1) is 12.4. The van der Waals surface area contributed by atoms with Crippen LogP contribution in [0.15, 0.2) is 54.6 Å². The molecule has 2 aromatic rings. The Hall–Kier alpha value is -2.53. The van der Waals surface area contributed by atoms with Gasteiger partial charge in [-0.1, -0.05) is 54.1 Å². The summed E-state index contributed by atoms with van der Waals surface area (Å²) < 4.78 is 0. The van der Waals surface area contributed by atoms with Crippen molar-refractivity contribution in [3.8, 4) is 0 Å². The van der Waals surface area contributed by atoms with E-state index in [0.717, 1.165) is 11.1 Å². The highest BCUT2D eigenvalue weighted by atomic mass is 35.5. The molecule has 0 spiro atoms. The standard InChI is InChI=1S/C20H21ClN2O3/c1-20(18(24)25)11-12-23(13-20)19(26)22-17(14-5-3-2-4-6-14)15-7-9-16(21)10-8-15/h2-10,17H,11-13H2,1H3,(H,22,26)(H,24,25). The van der Waals surface area contributed by atoms with Crippen LogP contribution in [0.1, 0.15) is 30.5 Å². The van der Waals surface area contributed by atoms with Gasteiger partial charge >= 0.3 is 12.0 Å². The van der Waals surface area contributed by atoms with Gasteiger partial charge in [0.1, 0.15) is 0 Å². The Bertz CT molecular complexity index is 794. The summed E-state index contributed by atoms with van der Waals surface area (Å²) in [5.41, 5.74) is 0.970.